The highest BCUT2D eigenvalue weighted by molar-refractivity contribution is 5.99. The summed E-state index contributed by atoms with van der Waals surface area (Å²) in [6.07, 6.45) is 5.62. The van der Waals surface area contributed by atoms with Crippen LogP contribution in [0, 0.1) is 5.41 Å². The third kappa shape index (κ3) is 2.70. The Labute approximate surface area is 122 Å². The van der Waals surface area contributed by atoms with Gasteiger partial charge in [-0.1, -0.05) is 40.0 Å². The fourth-order valence-corrected chi connectivity index (χ4v) is 3.54. The van der Waals surface area contributed by atoms with Gasteiger partial charge in [-0.25, -0.2) is 0 Å². The second-order valence-corrected chi connectivity index (χ2v) is 7.89. The summed E-state index contributed by atoms with van der Waals surface area (Å²) in [5, 5.41) is 2.90. The van der Waals surface area contributed by atoms with Gasteiger partial charge in [0.1, 0.15) is 11.6 Å². The lowest BCUT2D eigenvalue weighted by atomic mass is 9.79. The van der Waals surface area contributed by atoms with E-state index in [9.17, 15) is 9.59 Å². The molecule has 1 aliphatic carbocycles. The van der Waals surface area contributed by atoms with E-state index in [4.69, 9.17) is 0 Å². The van der Waals surface area contributed by atoms with Crippen molar-refractivity contribution in [3.63, 3.8) is 0 Å². The lowest BCUT2D eigenvalue weighted by molar-refractivity contribution is -0.162. The largest absolute Gasteiger partial charge is 0.340 e. The van der Waals surface area contributed by atoms with E-state index in [1.165, 1.54) is 6.42 Å². The molecule has 0 radical (unpaired) electrons. The van der Waals surface area contributed by atoms with Crippen LogP contribution in [-0.2, 0) is 9.59 Å². The number of nitrogens with one attached hydrogen (secondary N) is 1. The van der Waals surface area contributed by atoms with Crippen molar-refractivity contribution in [2.45, 2.75) is 84.3 Å². The van der Waals surface area contributed by atoms with Crippen molar-refractivity contribution < 1.29 is 9.59 Å². The predicted molar refractivity (Wildman–Crippen MR) is 79.2 cm³/mol. The normalized spacial score (nSPS) is 28.4. The highest BCUT2D eigenvalue weighted by Gasteiger charge is 2.51. The van der Waals surface area contributed by atoms with E-state index < -0.39 is 5.54 Å². The molecule has 4 nitrogen and oxygen atoms in total. The minimum absolute atomic E-state index is 0.00678. The summed E-state index contributed by atoms with van der Waals surface area (Å²) in [5.41, 5.74) is -1.02. The van der Waals surface area contributed by atoms with Crippen molar-refractivity contribution in [2.24, 2.45) is 5.41 Å². The lowest BCUT2D eigenvalue weighted by Gasteiger charge is -2.51. The third-order valence-electron chi connectivity index (χ3n) is 4.52. The van der Waals surface area contributed by atoms with Crippen LogP contribution in [0.15, 0.2) is 0 Å². The molecule has 2 rings (SSSR count). The van der Waals surface area contributed by atoms with Crippen LogP contribution in [0.2, 0.25) is 0 Å². The maximum Gasteiger partial charge on any atom is 0.248 e. The molecule has 2 fully saturated rings. The molecule has 0 aromatic carbocycles. The summed E-state index contributed by atoms with van der Waals surface area (Å²) in [6.45, 7) is 9.74. The van der Waals surface area contributed by atoms with E-state index in [2.05, 4.69) is 5.32 Å². The van der Waals surface area contributed by atoms with Gasteiger partial charge in [-0.05, 0) is 32.1 Å². The van der Waals surface area contributed by atoms with Crippen LogP contribution in [-0.4, -0.2) is 34.3 Å². The SMILES string of the molecule is CC1(C)NC(=O)C(C(C)(C)C)N(C2CCCCC2)C1=O. The molecule has 114 valence electrons. The van der Waals surface area contributed by atoms with Gasteiger partial charge >= 0.3 is 0 Å². The second-order valence-electron chi connectivity index (χ2n) is 7.89. The van der Waals surface area contributed by atoms with Crippen molar-refractivity contribution >= 4 is 11.8 Å². The van der Waals surface area contributed by atoms with Crippen LogP contribution in [0.5, 0.6) is 0 Å². The summed E-state index contributed by atoms with van der Waals surface area (Å²) < 4.78 is 0. The maximum absolute atomic E-state index is 12.9. The van der Waals surface area contributed by atoms with Crippen molar-refractivity contribution in [3.8, 4) is 0 Å². The Morgan fingerprint density at radius 2 is 1.65 bits per heavy atom. The van der Waals surface area contributed by atoms with Gasteiger partial charge < -0.3 is 10.2 Å². The molecule has 1 saturated heterocycles. The van der Waals surface area contributed by atoms with Gasteiger partial charge in [0.25, 0.3) is 0 Å². The Morgan fingerprint density at radius 1 is 1.10 bits per heavy atom. The molecule has 20 heavy (non-hydrogen) atoms. The molecule has 0 spiro atoms. The minimum atomic E-state index is -0.781. The van der Waals surface area contributed by atoms with Gasteiger partial charge in [0.05, 0.1) is 0 Å². The monoisotopic (exact) mass is 280 g/mol. The highest BCUT2D eigenvalue weighted by Crippen LogP contribution is 2.35. The molecule has 1 aliphatic heterocycles. The quantitative estimate of drug-likeness (QED) is 0.802. The van der Waals surface area contributed by atoms with E-state index in [0.29, 0.717) is 0 Å². The average molecular weight is 280 g/mol. The van der Waals surface area contributed by atoms with Crippen molar-refractivity contribution in [1.82, 2.24) is 10.2 Å². The zero-order valence-electron chi connectivity index (χ0n) is 13.5. The van der Waals surface area contributed by atoms with Gasteiger partial charge in [-0.2, -0.15) is 0 Å². The number of hydrogen-bond donors (Lipinski definition) is 1. The first kappa shape index (κ1) is 15.3. The second kappa shape index (κ2) is 5.05. The van der Waals surface area contributed by atoms with Gasteiger partial charge in [-0.3, -0.25) is 9.59 Å². The van der Waals surface area contributed by atoms with Gasteiger partial charge in [0.2, 0.25) is 11.8 Å². The highest BCUT2D eigenvalue weighted by atomic mass is 16.2. The first-order valence-electron chi connectivity index (χ1n) is 7.79. The average Bonchev–Trinajstić information content (AvgIpc) is 2.32. The standard InChI is InChI=1S/C16H28N2O2/c1-15(2,3)12-13(19)17-16(4,5)14(20)18(12)11-9-7-6-8-10-11/h11-12H,6-10H2,1-5H3,(H,17,19). The smallest absolute Gasteiger partial charge is 0.248 e. The molecule has 0 aromatic heterocycles. The zero-order valence-corrected chi connectivity index (χ0v) is 13.5. The predicted octanol–water partition coefficient (Wildman–Crippen LogP) is 2.47. The van der Waals surface area contributed by atoms with E-state index in [0.717, 1.165) is 25.7 Å². The molecule has 1 heterocycles. The summed E-state index contributed by atoms with van der Waals surface area (Å²) in [7, 11) is 0. The number of piperazine rings is 1. The van der Waals surface area contributed by atoms with Crippen molar-refractivity contribution in [1.29, 1.82) is 0 Å². The summed E-state index contributed by atoms with van der Waals surface area (Å²) in [4.78, 5) is 27.3. The van der Waals surface area contributed by atoms with Crippen LogP contribution >= 0.6 is 0 Å². The Bertz CT molecular complexity index is 403. The van der Waals surface area contributed by atoms with Crippen LogP contribution in [0.1, 0.15) is 66.7 Å². The number of rotatable bonds is 1. The number of hydrogen-bond acceptors (Lipinski definition) is 2. The number of carbonyl (C=O) groups is 2. The van der Waals surface area contributed by atoms with Crippen LogP contribution < -0.4 is 5.32 Å². The van der Waals surface area contributed by atoms with Crippen LogP contribution in [0.3, 0.4) is 0 Å². The van der Waals surface area contributed by atoms with E-state index >= 15 is 0 Å². The first-order chi connectivity index (χ1) is 9.14. The van der Waals surface area contributed by atoms with E-state index in [1.807, 2.05) is 39.5 Å². The zero-order chi connectivity index (χ0) is 15.1. The topological polar surface area (TPSA) is 49.4 Å². The van der Waals surface area contributed by atoms with Gasteiger partial charge in [-0.15, -0.1) is 0 Å². The molecular weight excluding hydrogens is 252 g/mol. The van der Waals surface area contributed by atoms with Crippen molar-refractivity contribution in [3.05, 3.63) is 0 Å². The molecule has 1 N–H and O–H groups in total. The number of carbonyl (C=O) groups excluding carboxylic acids is 2. The maximum atomic E-state index is 12.9. The van der Waals surface area contributed by atoms with Crippen LogP contribution in [0.4, 0.5) is 0 Å². The fourth-order valence-electron chi connectivity index (χ4n) is 3.54. The molecule has 2 amide bonds. The molecule has 0 bridgehead atoms. The Hall–Kier alpha value is -1.06. The Balaban J connectivity index is 2.37. The van der Waals surface area contributed by atoms with E-state index in [1.54, 1.807) is 0 Å². The lowest BCUT2D eigenvalue weighted by Crippen LogP contribution is -2.72. The molecule has 1 atom stereocenters. The summed E-state index contributed by atoms with van der Waals surface area (Å²) in [6, 6.07) is -0.128. The molecule has 1 saturated carbocycles. The van der Waals surface area contributed by atoms with Crippen LogP contribution in [0.25, 0.3) is 0 Å². The molecule has 4 heteroatoms. The number of amides is 2. The van der Waals surface area contributed by atoms with Gasteiger partial charge in [0.15, 0.2) is 0 Å². The van der Waals surface area contributed by atoms with Crippen molar-refractivity contribution in [2.75, 3.05) is 0 Å². The number of nitrogens with zero attached hydrogens (tertiary/aromatic N) is 1. The Kier molecular flexibility index (Phi) is 3.87. The fraction of sp³-hybridized carbons (Fsp3) is 0.875. The van der Waals surface area contributed by atoms with Gasteiger partial charge in [0, 0.05) is 6.04 Å². The Morgan fingerprint density at radius 3 is 2.15 bits per heavy atom. The third-order valence-corrected chi connectivity index (χ3v) is 4.52. The first-order valence-corrected chi connectivity index (χ1v) is 7.79. The summed E-state index contributed by atoms with van der Waals surface area (Å²) in [5.74, 6) is 0.0663. The molecular formula is C16H28N2O2. The molecule has 0 aromatic rings. The minimum Gasteiger partial charge on any atom is -0.340 e. The molecule has 1 unspecified atom stereocenters. The molecule has 2 aliphatic rings. The summed E-state index contributed by atoms with van der Waals surface area (Å²) >= 11 is 0. The van der Waals surface area contributed by atoms with E-state index in [-0.39, 0.29) is 29.3 Å².